The van der Waals surface area contributed by atoms with Crippen molar-refractivity contribution in [1.29, 1.82) is 0 Å². The summed E-state index contributed by atoms with van der Waals surface area (Å²) in [7, 11) is 0. The highest BCUT2D eigenvalue weighted by atomic mass is 35.5. The average molecular weight is 280 g/mol. The highest BCUT2D eigenvalue weighted by Crippen LogP contribution is 2.17. The molecule has 2 aromatic heterocycles. The fourth-order valence-electron chi connectivity index (χ4n) is 1.70. The molecule has 0 fully saturated rings. The predicted molar refractivity (Wildman–Crippen MR) is 75.6 cm³/mol. The first-order valence-corrected chi connectivity index (χ1v) is 6.76. The SMILES string of the molecule is CCNCc1nc(C(C)C)ncc1-n1cc(Cl)cn1. The molecule has 0 unspecified atom stereocenters. The largest absolute Gasteiger partial charge is 0.311 e. The Bertz CT molecular complexity index is 550. The van der Waals surface area contributed by atoms with E-state index in [-0.39, 0.29) is 0 Å². The highest BCUT2D eigenvalue weighted by molar-refractivity contribution is 6.30. The molecular formula is C13H18ClN5. The monoisotopic (exact) mass is 279 g/mol. The van der Waals surface area contributed by atoms with Gasteiger partial charge in [0.15, 0.2) is 0 Å². The van der Waals surface area contributed by atoms with E-state index in [1.54, 1.807) is 23.3 Å². The molecule has 0 radical (unpaired) electrons. The maximum absolute atomic E-state index is 5.91. The Labute approximate surface area is 118 Å². The van der Waals surface area contributed by atoms with Crippen LogP contribution in [0.1, 0.15) is 38.2 Å². The topological polar surface area (TPSA) is 55.6 Å². The van der Waals surface area contributed by atoms with Gasteiger partial charge in [-0.25, -0.2) is 14.6 Å². The summed E-state index contributed by atoms with van der Waals surface area (Å²) < 4.78 is 1.71. The third-order valence-electron chi connectivity index (χ3n) is 2.72. The van der Waals surface area contributed by atoms with Gasteiger partial charge < -0.3 is 5.32 Å². The van der Waals surface area contributed by atoms with Gasteiger partial charge in [0.25, 0.3) is 0 Å². The van der Waals surface area contributed by atoms with Crippen LogP contribution in [0.15, 0.2) is 18.6 Å². The van der Waals surface area contributed by atoms with Gasteiger partial charge in [-0.1, -0.05) is 32.4 Å². The molecule has 5 nitrogen and oxygen atoms in total. The summed E-state index contributed by atoms with van der Waals surface area (Å²) in [5, 5.41) is 8.09. The zero-order valence-electron chi connectivity index (χ0n) is 11.4. The molecule has 0 saturated heterocycles. The Balaban J connectivity index is 2.41. The molecule has 102 valence electrons. The normalized spacial score (nSPS) is 11.2. The van der Waals surface area contributed by atoms with E-state index >= 15 is 0 Å². The quantitative estimate of drug-likeness (QED) is 0.914. The molecule has 0 bridgehead atoms. The van der Waals surface area contributed by atoms with Gasteiger partial charge in [0.2, 0.25) is 0 Å². The molecule has 0 aliphatic carbocycles. The van der Waals surface area contributed by atoms with Gasteiger partial charge >= 0.3 is 0 Å². The predicted octanol–water partition coefficient (Wildman–Crippen LogP) is 2.55. The second kappa shape index (κ2) is 6.12. The van der Waals surface area contributed by atoms with Crippen molar-refractivity contribution in [2.45, 2.75) is 33.2 Å². The first-order valence-electron chi connectivity index (χ1n) is 6.39. The first-order chi connectivity index (χ1) is 9.11. The highest BCUT2D eigenvalue weighted by Gasteiger charge is 2.11. The van der Waals surface area contributed by atoms with Crippen molar-refractivity contribution >= 4 is 11.6 Å². The Kier molecular flexibility index (Phi) is 4.50. The zero-order valence-corrected chi connectivity index (χ0v) is 12.1. The van der Waals surface area contributed by atoms with Crippen LogP contribution in [0.2, 0.25) is 5.02 Å². The van der Waals surface area contributed by atoms with Gasteiger partial charge in [-0.15, -0.1) is 0 Å². The number of hydrogen-bond acceptors (Lipinski definition) is 4. The van der Waals surface area contributed by atoms with Crippen molar-refractivity contribution in [2.75, 3.05) is 6.54 Å². The summed E-state index contributed by atoms with van der Waals surface area (Å²) in [5.74, 6) is 1.14. The van der Waals surface area contributed by atoms with Gasteiger partial charge in [0.1, 0.15) is 11.5 Å². The second-order valence-corrected chi connectivity index (χ2v) is 5.03. The zero-order chi connectivity index (χ0) is 13.8. The number of aromatic nitrogens is 4. The molecule has 0 aliphatic heterocycles. The third kappa shape index (κ3) is 3.30. The summed E-state index contributed by atoms with van der Waals surface area (Å²) in [6.07, 6.45) is 5.16. The van der Waals surface area contributed by atoms with Crippen molar-refractivity contribution in [2.24, 2.45) is 0 Å². The standard InChI is InChI=1S/C13H18ClN5/c1-4-15-6-11-12(19-8-10(14)5-17-19)7-16-13(18-11)9(2)3/h5,7-9,15H,4,6H2,1-3H3. The van der Waals surface area contributed by atoms with Crippen molar-refractivity contribution in [1.82, 2.24) is 25.1 Å². The lowest BCUT2D eigenvalue weighted by Gasteiger charge is -2.12. The summed E-state index contributed by atoms with van der Waals surface area (Å²) in [6, 6.07) is 0. The molecule has 1 N–H and O–H groups in total. The minimum atomic E-state index is 0.302. The number of nitrogens with zero attached hydrogens (tertiary/aromatic N) is 4. The Hall–Kier alpha value is -1.46. The van der Waals surface area contributed by atoms with Gasteiger partial charge in [-0.2, -0.15) is 5.10 Å². The summed E-state index contributed by atoms with van der Waals surface area (Å²) in [6.45, 7) is 7.80. The smallest absolute Gasteiger partial charge is 0.131 e. The molecule has 0 saturated carbocycles. The second-order valence-electron chi connectivity index (χ2n) is 4.60. The molecule has 2 rings (SSSR count). The number of rotatable bonds is 5. The van der Waals surface area contributed by atoms with E-state index in [0.29, 0.717) is 17.5 Å². The lowest BCUT2D eigenvalue weighted by Crippen LogP contribution is -2.17. The van der Waals surface area contributed by atoms with Gasteiger partial charge in [0, 0.05) is 18.7 Å². The lowest BCUT2D eigenvalue weighted by molar-refractivity contribution is 0.674. The molecule has 0 atom stereocenters. The Morgan fingerprint density at radius 2 is 2.16 bits per heavy atom. The molecule has 2 aromatic rings. The van der Waals surface area contributed by atoms with Crippen LogP contribution in [-0.2, 0) is 6.54 Å². The van der Waals surface area contributed by atoms with E-state index in [0.717, 1.165) is 23.8 Å². The van der Waals surface area contributed by atoms with Crippen LogP contribution in [0.3, 0.4) is 0 Å². The Morgan fingerprint density at radius 3 is 2.74 bits per heavy atom. The van der Waals surface area contributed by atoms with Crippen LogP contribution >= 0.6 is 11.6 Å². The first kappa shape index (κ1) is 14.0. The van der Waals surface area contributed by atoms with E-state index in [1.807, 2.05) is 0 Å². The van der Waals surface area contributed by atoms with Crippen molar-refractivity contribution in [3.8, 4) is 5.69 Å². The van der Waals surface area contributed by atoms with Crippen molar-refractivity contribution in [3.63, 3.8) is 0 Å². The van der Waals surface area contributed by atoms with Crippen LogP contribution in [0.4, 0.5) is 0 Å². The fraction of sp³-hybridized carbons (Fsp3) is 0.462. The van der Waals surface area contributed by atoms with Crippen LogP contribution in [0, 0.1) is 0 Å². The fourth-order valence-corrected chi connectivity index (χ4v) is 1.84. The Morgan fingerprint density at radius 1 is 1.37 bits per heavy atom. The lowest BCUT2D eigenvalue weighted by atomic mass is 10.2. The van der Waals surface area contributed by atoms with Gasteiger partial charge in [0.05, 0.1) is 23.1 Å². The summed E-state index contributed by atoms with van der Waals surface area (Å²) in [5.41, 5.74) is 1.79. The molecule has 19 heavy (non-hydrogen) atoms. The molecule has 0 aliphatic rings. The van der Waals surface area contributed by atoms with Crippen LogP contribution in [0.5, 0.6) is 0 Å². The molecule has 0 aromatic carbocycles. The van der Waals surface area contributed by atoms with E-state index in [9.17, 15) is 0 Å². The molecular weight excluding hydrogens is 262 g/mol. The van der Waals surface area contributed by atoms with Gasteiger partial charge in [-0.3, -0.25) is 0 Å². The number of hydrogen-bond donors (Lipinski definition) is 1. The van der Waals surface area contributed by atoms with E-state index in [1.165, 1.54) is 0 Å². The van der Waals surface area contributed by atoms with Crippen LogP contribution in [0.25, 0.3) is 5.69 Å². The summed E-state index contributed by atoms with van der Waals surface area (Å²) >= 11 is 5.91. The van der Waals surface area contributed by atoms with Crippen molar-refractivity contribution in [3.05, 3.63) is 35.1 Å². The van der Waals surface area contributed by atoms with Gasteiger partial charge in [-0.05, 0) is 6.54 Å². The molecule has 0 spiro atoms. The minimum absolute atomic E-state index is 0.302. The van der Waals surface area contributed by atoms with Crippen molar-refractivity contribution < 1.29 is 0 Å². The number of halogens is 1. The van der Waals surface area contributed by atoms with E-state index in [4.69, 9.17) is 11.6 Å². The van der Waals surface area contributed by atoms with Crippen LogP contribution in [-0.4, -0.2) is 26.3 Å². The minimum Gasteiger partial charge on any atom is -0.311 e. The number of nitrogens with one attached hydrogen (secondary N) is 1. The van der Waals surface area contributed by atoms with E-state index in [2.05, 4.69) is 41.2 Å². The average Bonchev–Trinajstić information content (AvgIpc) is 2.82. The molecule has 6 heteroatoms. The third-order valence-corrected chi connectivity index (χ3v) is 2.92. The van der Waals surface area contributed by atoms with Crippen LogP contribution < -0.4 is 5.32 Å². The molecule has 0 amide bonds. The van der Waals surface area contributed by atoms with E-state index < -0.39 is 0 Å². The molecule has 2 heterocycles. The summed E-state index contributed by atoms with van der Waals surface area (Å²) in [4.78, 5) is 9.01. The maximum Gasteiger partial charge on any atom is 0.131 e. The maximum atomic E-state index is 5.91.